The van der Waals surface area contributed by atoms with Gasteiger partial charge in [-0.05, 0) is 56.6 Å². The summed E-state index contributed by atoms with van der Waals surface area (Å²) >= 11 is 0. The van der Waals surface area contributed by atoms with Crippen molar-refractivity contribution in [1.29, 1.82) is 0 Å². The molecule has 0 N–H and O–H groups in total. The molecule has 0 unspecified atom stereocenters. The van der Waals surface area contributed by atoms with Crippen LogP contribution in [0.15, 0.2) is 48.5 Å². The van der Waals surface area contributed by atoms with Crippen molar-refractivity contribution in [3.63, 3.8) is 0 Å². The van der Waals surface area contributed by atoms with Crippen molar-refractivity contribution >= 4 is 68.2 Å². The van der Waals surface area contributed by atoms with Crippen LogP contribution in [-0.4, -0.2) is 25.1 Å². The smallest absolute Gasteiger partial charge is 0.234 e. The largest absolute Gasteiger partial charge is 0.285 e. The molecule has 5 rings (SSSR count). The molecule has 0 spiro atoms. The molecular formula is C24H8O4. The van der Waals surface area contributed by atoms with Crippen LogP contribution in [0.1, 0.15) is 22.3 Å². The van der Waals surface area contributed by atoms with E-state index in [4.69, 9.17) is 0 Å². The Bertz CT molecular complexity index is 1260. The van der Waals surface area contributed by atoms with E-state index in [1.807, 2.05) is 25.1 Å². The molecule has 4 radical (unpaired) electrons. The molecule has 0 aliphatic carbocycles. The number of fused-ring (bicyclic) bond motifs is 2. The average molecular weight is 360 g/mol. The summed E-state index contributed by atoms with van der Waals surface area (Å²) in [6.07, 6.45) is 7.60. The topological polar surface area (TPSA) is 68.3 Å². The Kier molecular flexibility index (Phi) is 3.36. The van der Waals surface area contributed by atoms with Crippen LogP contribution < -0.4 is 0 Å². The Morgan fingerprint density at radius 2 is 0.607 bits per heavy atom. The zero-order valence-electron chi connectivity index (χ0n) is 14.3. The van der Waals surface area contributed by atoms with E-state index in [1.165, 1.54) is 0 Å². The molecule has 0 aliphatic heterocycles. The summed E-state index contributed by atoms with van der Waals surface area (Å²) in [5.74, 6) is 0. The Balaban J connectivity index is 2.21. The van der Waals surface area contributed by atoms with E-state index in [0.29, 0.717) is 10.8 Å². The van der Waals surface area contributed by atoms with Gasteiger partial charge in [-0.2, -0.15) is 0 Å². The van der Waals surface area contributed by atoms with E-state index in [-0.39, 0.29) is 22.3 Å². The van der Waals surface area contributed by atoms with Crippen molar-refractivity contribution < 1.29 is 19.2 Å². The fraction of sp³-hybridized carbons (Fsp3) is 0. The first-order chi connectivity index (χ1) is 13.7. The minimum Gasteiger partial charge on any atom is -0.285 e. The van der Waals surface area contributed by atoms with Gasteiger partial charge in [-0.1, -0.05) is 24.3 Å². The van der Waals surface area contributed by atoms with Gasteiger partial charge in [-0.25, -0.2) is 0 Å². The van der Waals surface area contributed by atoms with E-state index >= 15 is 0 Å². The third-order valence-corrected chi connectivity index (χ3v) is 5.34. The maximum absolute atomic E-state index is 11.5. The quantitative estimate of drug-likeness (QED) is 0.363. The monoisotopic (exact) mass is 360 g/mol. The van der Waals surface area contributed by atoms with Gasteiger partial charge < -0.3 is 0 Å². The number of hydrogen-bond acceptors (Lipinski definition) is 4. The van der Waals surface area contributed by atoms with Crippen LogP contribution in [0.25, 0.3) is 43.1 Å². The molecule has 0 saturated heterocycles. The molecular weight excluding hydrogens is 352 g/mol. The zero-order chi connectivity index (χ0) is 19.4. The van der Waals surface area contributed by atoms with Crippen molar-refractivity contribution in [2.75, 3.05) is 0 Å². The molecule has 0 amide bonds. The molecule has 0 aromatic heterocycles. The van der Waals surface area contributed by atoms with E-state index in [9.17, 15) is 19.2 Å². The van der Waals surface area contributed by atoms with E-state index in [1.54, 1.807) is 48.5 Å². The molecule has 4 nitrogen and oxygen atoms in total. The second-order valence-electron chi connectivity index (χ2n) is 6.55. The maximum atomic E-state index is 11.5. The Labute approximate surface area is 158 Å². The van der Waals surface area contributed by atoms with Crippen LogP contribution in [0, 0.1) is 0 Å². The number of hydrogen-bond donors (Lipinski definition) is 0. The van der Waals surface area contributed by atoms with E-state index in [2.05, 4.69) is 0 Å². The van der Waals surface area contributed by atoms with Crippen LogP contribution >= 0.6 is 0 Å². The van der Waals surface area contributed by atoms with Crippen LogP contribution in [0.2, 0.25) is 0 Å². The zero-order valence-corrected chi connectivity index (χ0v) is 14.3. The molecule has 0 fully saturated rings. The lowest BCUT2D eigenvalue weighted by atomic mass is 9.85. The van der Waals surface area contributed by atoms with Crippen molar-refractivity contribution in [1.82, 2.24) is 0 Å². The lowest BCUT2D eigenvalue weighted by molar-refractivity contribution is 0.561. The van der Waals surface area contributed by atoms with Crippen molar-refractivity contribution in [3.05, 3.63) is 70.8 Å². The average Bonchev–Trinajstić information content (AvgIpc) is 2.76. The summed E-state index contributed by atoms with van der Waals surface area (Å²) in [6.45, 7) is 0. The standard InChI is InChI=1S/C24H8O4/c25-9-13-1-5-17-18-6-3-15(11-27)22-16(12-28)4-8-20(24(18)22)19-7-2-14(10-26)21(13)23(17)19/h1-8H. The molecule has 0 atom stereocenters. The van der Waals surface area contributed by atoms with Crippen LogP contribution in [-0.2, 0) is 19.2 Å². The maximum Gasteiger partial charge on any atom is 0.234 e. The molecule has 128 valence electrons. The van der Waals surface area contributed by atoms with Gasteiger partial charge in [0, 0.05) is 33.0 Å². The summed E-state index contributed by atoms with van der Waals surface area (Å²) in [4.78, 5) is 45.9. The number of rotatable bonds is 4. The molecule has 4 heteroatoms. The van der Waals surface area contributed by atoms with Gasteiger partial charge in [0.15, 0.2) is 0 Å². The van der Waals surface area contributed by atoms with Gasteiger partial charge in [0.25, 0.3) is 0 Å². The lowest BCUT2D eigenvalue weighted by Gasteiger charge is -2.17. The second-order valence-corrected chi connectivity index (χ2v) is 6.55. The lowest BCUT2D eigenvalue weighted by Crippen LogP contribution is -1.97. The second kappa shape index (κ2) is 5.79. The Hall–Kier alpha value is -3.92. The fourth-order valence-corrected chi connectivity index (χ4v) is 4.23. The summed E-state index contributed by atoms with van der Waals surface area (Å²) in [6, 6.07) is 13.6. The summed E-state index contributed by atoms with van der Waals surface area (Å²) in [5.41, 5.74) is 1.15. The Morgan fingerprint density at radius 3 is 0.821 bits per heavy atom. The third kappa shape index (κ3) is 1.89. The van der Waals surface area contributed by atoms with Crippen LogP contribution in [0.4, 0.5) is 0 Å². The molecule has 5 aromatic carbocycles. The molecule has 28 heavy (non-hydrogen) atoms. The van der Waals surface area contributed by atoms with E-state index < -0.39 is 0 Å². The summed E-state index contributed by atoms with van der Waals surface area (Å²) < 4.78 is 0. The van der Waals surface area contributed by atoms with Gasteiger partial charge in [0.2, 0.25) is 25.1 Å². The van der Waals surface area contributed by atoms with Gasteiger partial charge in [-0.3, -0.25) is 19.2 Å². The third-order valence-electron chi connectivity index (χ3n) is 5.34. The number of carbonyl (C=O) groups excluding carboxylic acids is 4. The SMILES string of the molecule is O=[C]c1ccc2c3ccc([C]=O)c4c([C]=O)ccc(c5ccc([C]=O)c1c25)c43. The molecule has 0 saturated carbocycles. The van der Waals surface area contributed by atoms with Gasteiger partial charge in [0.05, 0.1) is 0 Å². The highest BCUT2D eigenvalue weighted by molar-refractivity contribution is 6.36. The van der Waals surface area contributed by atoms with Gasteiger partial charge in [-0.15, -0.1) is 0 Å². The van der Waals surface area contributed by atoms with Gasteiger partial charge >= 0.3 is 0 Å². The highest BCUT2D eigenvalue weighted by Gasteiger charge is 2.19. The number of benzene rings is 5. The van der Waals surface area contributed by atoms with Crippen LogP contribution in [0.5, 0.6) is 0 Å². The predicted molar refractivity (Wildman–Crippen MR) is 107 cm³/mol. The van der Waals surface area contributed by atoms with E-state index in [0.717, 1.165) is 32.3 Å². The predicted octanol–water partition coefficient (Wildman–Crippen LogP) is 3.57. The van der Waals surface area contributed by atoms with Gasteiger partial charge in [0.1, 0.15) is 0 Å². The van der Waals surface area contributed by atoms with Crippen molar-refractivity contribution in [2.24, 2.45) is 0 Å². The van der Waals surface area contributed by atoms with Crippen LogP contribution in [0.3, 0.4) is 0 Å². The molecule has 0 bridgehead atoms. The minimum atomic E-state index is 0.286. The summed E-state index contributed by atoms with van der Waals surface area (Å²) in [7, 11) is 0. The highest BCUT2D eigenvalue weighted by atomic mass is 16.1. The first-order valence-corrected chi connectivity index (χ1v) is 8.46. The first-order valence-electron chi connectivity index (χ1n) is 8.46. The molecule has 0 aliphatic rings. The minimum absolute atomic E-state index is 0.286. The molecule has 5 aromatic rings. The van der Waals surface area contributed by atoms with Crippen molar-refractivity contribution in [3.8, 4) is 0 Å². The normalized spacial score (nSPS) is 11.4. The molecule has 0 heterocycles. The fourth-order valence-electron chi connectivity index (χ4n) is 4.23. The highest BCUT2D eigenvalue weighted by Crippen LogP contribution is 2.42. The Morgan fingerprint density at radius 1 is 0.357 bits per heavy atom. The first kappa shape index (κ1) is 16.3. The summed E-state index contributed by atoms with van der Waals surface area (Å²) in [5, 5.41) is 5.71. The van der Waals surface area contributed by atoms with Crippen molar-refractivity contribution in [2.45, 2.75) is 0 Å².